The van der Waals surface area contributed by atoms with Gasteiger partial charge in [-0.05, 0) is 43.0 Å². The molecule has 22 heavy (non-hydrogen) atoms. The predicted octanol–water partition coefficient (Wildman–Crippen LogP) is 2.80. The number of carbonyl (C=O) groups is 1. The summed E-state index contributed by atoms with van der Waals surface area (Å²) in [5, 5.41) is 3.07. The summed E-state index contributed by atoms with van der Waals surface area (Å²) in [5.74, 6) is 1.34. The van der Waals surface area contributed by atoms with Crippen molar-refractivity contribution >= 4 is 5.91 Å². The second-order valence-electron chi connectivity index (χ2n) is 6.23. The number of hydrogen-bond donors (Lipinski definition) is 1. The number of nitrogens with one attached hydrogen (secondary N) is 1. The highest BCUT2D eigenvalue weighted by atomic mass is 16.5. The van der Waals surface area contributed by atoms with Crippen molar-refractivity contribution in [2.24, 2.45) is 5.92 Å². The molecular formula is C18H20N2O2. The molecule has 0 bridgehead atoms. The quantitative estimate of drug-likeness (QED) is 0.943. The monoisotopic (exact) mass is 296 g/mol. The van der Waals surface area contributed by atoms with Crippen molar-refractivity contribution in [1.82, 2.24) is 9.88 Å². The lowest BCUT2D eigenvalue weighted by atomic mass is 9.97. The van der Waals surface area contributed by atoms with Crippen LogP contribution in [-0.2, 0) is 6.42 Å². The van der Waals surface area contributed by atoms with Crippen LogP contribution in [0.4, 0.5) is 0 Å². The molecule has 2 aliphatic rings. The van der Waals surface area contributed by atoms with Crippen molar-refractivity contribution in [1.29, 1.82) is 0 Å². The van der Waals surface area contributed by atoms with Crippen molar-refractivity contribution in [2.45, 2.75) is 25.3 Å². The molecule has 1 N–H and O–H groups in total. The number of ether oxygens (including phenoxy) is 1. The lowest BCUT2D eigenvalue weighted by Crippen LogP contribution is -2.35. The van der Waals surface area contributed by atoms with Gasteiger partial charge in [0.2, 0.25) is 0 Å². The Morgan fingerprint density at radius 2 is 2.09 bits per heavy atom. The van der Waals surface area contributed by atoms with Gasteiger partial charge in [0.15, 0.2) is 0 Å². The second-order valence-corrected chi connectivity index (χ2v) is 6.23. The van der Waals surface area contributed by atoms with E-state index in [0.717, 1.165) is 17.9 Å². The smallest absolute Gasteiger partial charge is 0.267 e. The van der Waals surface area contributed by atoms with Crippen molar-refractivity contribution in [3.05, 3.63) is 53.9 Å². The molecule has 1 aromatic carbocycles. The topological polar surface area (TPSA) is 43.3 Å². The van der Waals surface area contributed by atoms with E-state index in [1.54, 1.807) is 0 Å². The molecule has 0 unspecified atom stereocenters. The Kier molecular flexibility index (Phi) is 3.37. The van der Waals surface area contributed by atoms with E-state index < -0.39 is 0 Å². The minimum atomic E-state index is 0.0239. The fraction of sp³-hybridized carbons (Fsp3) is 0.389. The number of fused-ring (bicyclic) bond motifs is 1. The highest BCUT2D eigenvalue weighted by molar-refractivity contribution is 5.92. The molecule has 0 radical (unpaired) electrons. The maximum atomic E-state index is 12.4. The van der Waals surface area contributed by atoms with Gasteiger partial charge in [-0.1, -0.05) is 18.2 Å². The molecule has 114 valence electrons. The van der Waals surface area contributed by atoms with E-state index in [0.29, 0.717) is 25.1 Å². The van der Waals surface area contributed by atoms with Gasteiger partial charge < -0.3 is 14.6 Å². The summed E-state index contributed by atoms with van der Waals surface area (Å²) >= 11 is 0. The predicted molar refractivity (Wildman–Crippen MR) is 84.2 cm³/mol. The molecule has 4 rings (SSSR count). The molecular weight excluding hydrogens is 276 g/mol. The maximum absolute atomic E-state index is 12.4. The van der Waals surface area contributed by atoms with Gasteiger partial charge in [0.05, 0.1) is 6.61 Å². The second kappa shape index (κ2) is 5.52. The van der Waals surface area contributed by atoms with E-state index in [4.69, 9.17) is 4.74 Å². The summed E-state index contributed by atoms with van der Waals surface area (Å²) in [4.78, 5) is 12.4. The summed E-state index contributed by atoms with van der Waals surface area (Å²) in [6.07, 6.45) is 5.33. The van der Waals surface area contributed by atoms with Crippen LogP contribution < -0.4 is 10.1 Å². The Hall–Kier alpha value is -2.23. The summed E-state index contributed by atoms with van der Waals surface area (Å²) in [7, 11) is 0. The molecule has 2 heterocycles. The Morgan fingerprint density at radius 1 is 1.23 bits per heavy atom. The minimum Gasteiger partial charge on any atom is -0.493 e. The summed E-state index contributed by atoms with van der Waals surface area (Å²) < 4.78 is 7.87. The normalized spacial score (nSPS) is 20.1. The molecule has 1 saturated carbocycles. The van der Waals surface area contributed by atoms with Gasteiger partial charge in [-0.25, -0.2) is 0 Å². The van der Waals surface area contributed by atoms with Crippen molar-refractivity contribution in [3.8, 4) is 5.75 Å². The van der Waals surface area contributed by atoms with E-state index in [2.05, 4.69) is 16.0 Å². The zero-order valence-corrected chi connectivity index (χ0v) is 12.5. The van der Waals surface area contributed by atoms with Gasteiger partial charge in [0, 0.05) is 24.7 Å². The van der Waals surface area contributed by atoms with Crippen LogP contribution in [0.25, 0.3) is 0 Å². The van der Waals surface area contributed by atoms with Gasteiger partial charge >= 0.3 is 0 Å². The van der Waals surface area contributed by atoms with E-state index >= 15 is 0 Å². The van der Waals surface area contributed by atoms with Crippen LogP contribution in [0.2, 0.25) is 0 Å². The molecule has 0 saturated heterocycles. The third-order valence-electron chi connectivity index (χ3n) is 4.46. The summed E-state index contributed by atoms with van der Waals surface area (Å²) in [6, 6.07) is 12.5. The van der Waals surface area contributed by atoms with Crippen LogP contribution in [0.1, 0.15) is 34.9 Å². The van der Waals surface area contributed by atoms with Crippen LogP contribution in [-0.4, -0.2) is 23.6 Å². The first-order valence-corrected chi connectivity index (χ1v) is 7.97. The number of para-hydroxylation sites is 1. The lowest BCUT2D eigenvalue weighted by Gasteiger charge is -2.25. The molecule has 1 atom stereocenters. The first-order valence-electron chi connectivity index (χ1n) is 7.97. The first-order chi connectivity index (χ1) is 10.8. The molecule has 1 amide bonds. The van der Waals surface area contributed by atoms with Gasteiger partial charge in [0.25, 0.3) is 5.91 Å². The summed E-state index contributed by atoms with van der Waals surface area (Å²) in [5.41, 5.74) is 2.01. The van der Waals surface area contributed by atoms with Gasteiger partial charge in [0.1, 0.15) is 11.4 Å². The zero-order chi connectivity index (χ0) is 14.9. The molecule has 4 nitrogen and oxygen atoms in total. The average Bonchev–Trinajstić information content (AvgIpc) is 3.29. The largest absolute Gasteiger partial charge is 0.493 e. The maximum Gasteiger partial charge on any atom is 0.267 e. The van der Waals surface area contributed by atoms with Gasteiger partial charge in [-0.15, -0.1) is 0 Å². The highest BCUT2D eigenvalue weighted by Crippen LogP contribution is 2.36. The molecule has 1 aliphatic heterocycles. The molecule has 1 aromatic heterocycles. The van der Waals surface area contributed by atoms with Crippen molar-refractivity contribution < 1.29 is 9.53 Å². The minimum absolute atomic E-state index is 0.0239. The van der Waals surface area contributed by atoms with E-state index in [1.165, 1.54) is 18.4 Å². The number of rotatable bonds is 4. The number of aromatic nitrogens is 1. The van der Waals surface area contributed by atoms with E-state index in [1.807, 2.05) is 36.5 Å². The van der Waals surface area contributed by atoms with Crippen LogP contribution in [0.15, 0.2) is 42.6 Å². The SMILES string of the molecule is O=C(NC[C@H]1COc2ccccc2C1)c1cccn1C1CC1. The molecule has 1 aliphatic carbocycles. The number of amides is 1. The number of nitrogens with zero attached hydrogens (tertiary/aromatic N) is 1. The number of carbonyl (C=O) groups excluding carboxylic acids is 1. The van der Waals surface area contributed by atoms with Crippen molar-refractivity contribution in [3.63, 3.8) is 0 Å². The Balaban J connectivity index is 1.37. The first kappa shape index (κ1) is 13.4. The Labute approximate surface area is 130 Å². The fourth-order valence-electron chi connectivity index (χ4n) is 3.11. The van der Waals surface area contributed by atoms with Crippen LogP contribution in [0.3, 0.4) is 0 Å². The average molecular weight is 296 g/mol. The molecule has 0 spiro atoms. The number of hydrogen-bond acceptors (Lipinski definition) is 2. The molecule has 1 fully saturated rings. The van der Waals surface area contributed by atoms with Crippen molar-refractivity contribution in [2.75, 3.05) is 13.2 Å². The highest BCUT2D eigenvalue weighted by Gasteiger charge is 2.27. The summed E-state index contributed by atoms with van der Waals surface area (Å²) in [6.45, 7) is 1.32. The van der Waals surface area contributed by atoms with Crippen LogP contribution >= 0.6 is 0 Å². The lowest BCUT2D eigenvalue weighted by molar-refractivity contribution is 0.0929. The van der Waals surface area contributed by atoms with Gasteiger partial charge in [-0.3, -0.25) is 4.79 Å². The number of benzene rings is 1. The van der Waals surface area contributed by atoms with Crippen LogP contribution in [0, 0.1) is 5.92 Å². The molecule has 4 heteroatoms. The zero-order valence-electron chi connectivity index (χ0n) is 12.5. The Bertz CT molecular complexity index is 688. The van der Waals surface area contributed by atoms with E-state index in [-0.39, 0.29) is 5.91 Å². The standard InChI is InChI=1S/C18H20N2O2/c21-18(16-5-3-9-20(16)15-7-8-15)19-11-13-10-14-4-1-2-6-17(14)22-12-13/h1-6,9,13,15H,7-8,10-12H2,(H,19,21)/t13-/m0/s1. The van der Waals surface area contributed by atoms with E-state index in [9.17, 15) is 4.79 Å². The fourth-order valence-corrected chi connectivity index (χ4v) is 3.11. The van der Waals surface area contributed by atoms with Gasteiger partial charge in [-0.2, -0.15) is 0 Å². The Morgan fingerprint density at radius 3 is 2.95 bits per heavy atom. The third-order valence-corrected chi connectivity index (χ3v) is 4.46. The van der Waals surface area contributed by atoms with Crippen LogP contribution in [0.5, 0.6) is 5.75 Å². The molecule has 2 aromatic rings. The third kappa shape index (κ3) is 2.61.